The third kappa shape index (κ3) is 6.43. The maximum Gasteiger partial charge on any atom is 0.0693 e. The first-order chi connectivity index (χ1) is 7.69. The van der Waals surface area contributed by atoms with Crippen LogP contribution >= 0.6 is 0 Å². The third-order valence-corrected chi connectivity index (χ3v) is 2.77. The monoisotopic (exact) mass is 232 g/mol. The molecule has 0 heterocycles. The van der Waals surface area contributed by atoms with Crippen LogP contribution in [0.3, 0.4) is 0 Å². The highest BCUT2D eigenvalue weighted by Gasteiger charge is 2.21. The van der Waals surface area contributed by atoms with E-state index in [1.165, 1.54) is 0 Å². The lowest BCUT2D eigenvalue weighted by atomic mass is 9.99. The fourth-order valence-electron chi connectivity index (χ4n) is 1.95. The predicted molar refractivity (Wildman–Crippen MR) is 67.5 cm³/mol. The first-order valence-corrected chi connectivity index (χ1v) is 6.45. The van der Waals surface area contributed by atoms with Gasteiger partial charge in [-0.05, 0) is 25.9 Å². The van der Waals surface area contributed by atoms with Gasteiger partial charge < -0.3 is 20.8 Å². The Kier molecular flexibility index (Phi) is 9.92. The highest BCUT2D eigenvalue weighted by Crippen LogP contribution is 2.08. The van der Waals surface area contributed by atoms with Crippen LogP contribution in [0.4, 0.5) is 0 Å². The number of nitrogens with one attached hydrogen (secondary N) is 2. The zero-order valence-corrected chi connectivity index (χ0v) is 10.9. The summed E-state index contributed by atoms with van der Waals surface area (Å²) in [7, 11) is 0. The van der Waals surface area contributed by atoms with Crippen molar-refractivity contribution in [3.63, 3.8) is 0 Å². The molecular weight excluding hydrogens is 204 g/mol. The van der Waals surface area contributed by atoms with Crippen molar-refractivity contribution in [3.8, 4) is 0 Å². The van der Waals surface area contributed by atoms with E-state index in [1.807, 2.05) is 13.8 Å². The number of hydrogen-bond donors (Lipinski definition) is 4. The number of rotatable bonds is 10. The van der Waals surface area contributed by atoms with Gasteiger partial charge >= 0.3 is 0 Å². The van der Waals surface area contributed by atoms with Gasteiger partial charge in [0.15, 0.2) is 0 Å². The molecule has 16 heavy (non-hydrogen) atoms. The number of likely N-dealkylation sites (N-methyl/N-ethyl adjacent to an activating group) is 2. The average Bonchev–Trinajstić information content (AvgIpc) is 2.27. The zero-order chi connectivity index (χ0) is 12.4. The molecule has 0 aliphatic carbocycles. The molecule has 0 bridgehead atoms. The maximum absolute atomic E-state index is 9.98. The lowest BCUT2D eigenvalue weighted by Gasteiger charge is -2.27. The fraction of sp³-hybridized carbons (Fsp3) is 1.00. The second-order valence-electron chi connectivity index (χ2n) is 4.19. The summed E-state index contributed by atoms with van der Waals surface area (Å²) in [6.45, 7) is 7.93. The molecule has 0 rings (SSSR count). The lowest BCUT2D eigenvalue weighted by molar-refractivity contribution is 0.101. The van der Waals surface area contributed by atoms with E-state index in [9.17, 15) is 10.2 Å². The topological polar surface area (TPSA) is 64.5 Å². The van der Waals surface area contributed by atoms with Gasteiger partial charge in [-0.25, -0.2) is 0 Å². The van der Waals surface area contributed by atoms with Gasteiger partial charge in [0.1, 0.15) is 0 Å². The van der Waals surface area contributed by atoms with Crippen LogP contribution in [0.25, 0.3) is 0 Å². The Labute approximate surface area is 99.4 Å². The summed E-state index contributed by atoms with van der Waals surface area (Å²) in [6.07, 6.45) is 2.23. The SMILES string of the molecule is CCCC(O)C(CC(CO)NCC)NCC. The summed E-state index contributed by atoms with van der Waals surface area (Å²) in [5.41, 5.74) is 0. The number of aliphatic hydroxyl groups is 2. The summed E-state index contributed by atoms with van der Waals surface area (Å²) in [5, 5.41) is 25.7. The van der Waals surface area contributed by atoms with Crippen LogP contribution in [0.2, 0.25) is 0 Å². The summed E-state index contributed by atoms with van der Waals surface area (Å²) in [6, 6.07) is 0.140. The van der Waals surface area contributed by atoms with Gasteiger partial charge in [-0.1, -0.05) is 27.2 Å². The third-order valence-electron chi connectivity index (χ3n) is 2.77. The standard InChI is InChI=1S/C12H28N2O2/c1-4-7-12(16)11(14-6-3)8-10(9-15)13-5-2/h10-16H,4-9H2,1-3H3. The molecule has 0 spiro atoms. The lowest BCUT2D eigenvalue weighted by Crippen LogP contribution is -2.46. The van der Waals surface area contributed by atoms with Crippen molar-refractivity contribution in [1.82, 2.24) is 10.6 Å². The second-order valence-corrected chi connectivity index (χ2v) is 4.19. The zero-order valence-electron chi connectivity index (χ0n) is 10.9. The van der Waals surface area contributed by atoms with Gasteiger partial charge in [-0.2, -0.15) is 0 Å². The molecule has 0 amide bonds. The van der Waals surface area contributed by atoms with Gasteiger partial charge in [0.2, 0.25) is 0 Å². The summed E-state index contributed by atoms with van der Waals surface area (Å²) >= 11 is 0. The van der Waals surface area contributed by atoms with Crippen LogP contribution in [0, 0.1) is 0 Å². The molecular formula is C12H28N2O2. The molecule has 3 atom stereocenters. The van der Waals surface area contributed by atoms with Gasteiger partial charge in [-0.15, -0.1) is 0 Å². The van der Waals surface area contributed by atoms with E-state index < -0.39 is 0 Å². The van der Waals surface area contributed by atoms with E-state index in [0.29, 0.717) is 0 Å². The van der Waals surface area contributed by atoms with E-state index in [2.05, 4.69) is 17.6 Å². The van der Waals surface area contributed by atoms with Gasteiger partial charge in [-0.3, -0.25) is 0 Å². The molecule has 0 aliphatic rings. The molecule has 0 aromatic carbocycles. The molecule has 3 unspecified atom stereocenters. The molecule has 0 aromatic heterocycles. The van der Waals surface area contributed by atoms with Crippen LogP contribution < -0.4 is 10.6 Å². The number of hydrogen-bond acceptors (Lipinski definition) is 4. The van der Waals surface area contributed by atoms with Crippen molar-refractivity contribution in [2.45, 2.75) is 58.2 Å². The molecule has 0 aliphatic heterocycles. The Bertz CT molecular complexity index is 152. The average molecular weight is 232 g/mol. The van der Waals surface area contributed by atoms with E-state index in [4.69, 9.17) is 0 Å². The first kappa shape index (κ1) is 15.8. The van der Waals surface area contributed by atoms with Crippen LogP contribution in [-0.2, 0) is 0 Å². The minimum atomic E-state index is -0.322. The molecule has 4 heteroatoms. The molecule has 98 valence electrons. The second kappa shape index (κ2) is 10.0. The van der Waals surface area contributed by atoms with Crippen molar-refractivity contribution in [2.24, 2.45) is 0 Å². The van der Waals surface area contributed by atoms with Crippen LogP contribution in [0.5, 0.6) is 0 Å². The van der Waals surface area contributed by atoms with Crippen LogP contribution in [-0.4, -0.2) is 48.1 Å². The Morgan fingerprint density at radius 2 is 1.69 bits per heavy atom. The molecule has 0 fully saturated rings. The van der Waals surface area contributed by atoms with Gasteiger partial charge in [0, 0.05) is 12.1 Å². The van der Waals surface area contributed by atoms with E-state index in [1.54, 1.807) is 0 Å². The summed E-state index contributed by atoms with van der Waals surface area (Å²) in [4.78, 5) is 0. The first-order valence-electron chi connectivity index (χ1n) is 6.45. The van der Waals surface area contributed by atoms with E-state index in [0.717, 1.165) is 32.4 Å². The van der Waals surface area contributed by atoms with Crippen molar-refractivity contribution < 1.29 is 10.2 Å². The Morgan fingerprint density at radius 3 is 2.12 bits per heavy atom. The quantitative estimate of drug-likeness (QED) is 0.442. The van der Waals surface area contributed by atoms with E-state index in [-0.39, 0.29) is 24.8 Å². The smallest absolute Gasteiger partial charge is 0.0693 e. The van der Waals surface area contributed by atoms with Crippen molar-refractivity contribution >= 4 is 0 Å². The molecule has 4 N–H and O–H groups in total. The summed E-state index contributed by atoms with van der Waals surface area (Å²) in [5.74, 6) is 0. The van der Waals surface area contributed by atoms with Gasteiger partial charge in [0.25, 0.3) is 0 Å². The fourth-order valence-corrected chi connectivity index (χ4v) is 1.95. The summed E-state index contributed by atoms with van der Waals surface area (Å²) < 4.78 is 0. The minimum absolute atomic E-state index is 0.0700. The molecule has 0 aromatic rings. The Hall–Kier alpha value is -0.160. The molecule has 4 nitrogen and oxygen atoms in total. The minimum Gasteiger partial charge on any atom is -0.395 e. The van der Waals surface area contributed by atoms with Crippen LogP contribution in [0.1, 0.15) is 40.0 Å². The van der Waals surface area contributed by atoms with Crippen molar-refractivity contribution in [1.29, 1.82) is 0 Å². The van der Waals surface area contributed by atoms with Crippen molar-refractivity contribution in [2.75, 3.05) is 19.7 Å². The van der Waals surface area contributed by atoms with E-state index >= 15 is 0 Å². The number of aliphatic hydroxyl groups excluding tert-OH is 2. The molecule has 0 saturated carbocycles. The normalized spacial score (nSPS) is 17.1. The highest BCUT2D eigenvalue weighted by atomic mass is 16.3. The Balaban J connectivity index is 4.17. The van der Waals surface area contributed by atoms with Crippen molar-refractivity contribution in [3.05, 3.63) is 0 Å². The highest BCUT2D eigenvalue weighted by molar-refractivity contribution is 4.81. The largest absolute Gasteiger partial charge is 0.395 e. The molecule has 0 radical (unpaired) electrons. The van der Waals surface area contributed by atoms with Gasteiger partial charge in [0.05, 0.1) is 12.7 Å². The van der Waals surface area contributed by atoms with Crippen LogP contribution in [0.15, 0.2) is 0 Å². The molecule has 0 saturated heterocycles. The maximum atomic E-state index is 9.98. The Morgan fingerprint density at radius 1 is 1.06 bits per heavy atom. The predicted octanol–water partition coefficient (Wildman–Crippen LogP) is 0.486.